The van der Waals surface area contributed by atoms with Crippen LogP contribution in [0.5, 0.6) is 0 Å². The summed E-state index contributed by atoms with van der Waals surface area (Å²) >= 11 is 1.79. The van der Waals surface area contributed by atoms with Gasteiger partial charge in [0.2, 0.25) is 0 Å². The molecule has 0 saturated heterocycles. The van der Waals surface area contributed by atoms with Gasteiger partial charge in [-0.1, -0.05) is 36.4 Å². The highest BCUT2D eigenvalue weighted by molar-refractivity contribution is 7.26. The topological polar surface area (TPSA) is 26.3 Å². The Morgan fingerprint density at radius 2 is 0.926 bits per heavy atom. The predicted octanol–water partition coefficient (Wildman–Crippen LogP) is 7.85. The lowest BCUT2D eigenvalue weighted by molar-refractivity contribution is 0.669. The monoisotopic (exact) mass is 364 g/mol. The molecular weight excluding hydrogens is 352 g/mol. The first-order chi connectivity index (χ1) is 13.3. The summed E-state index contributed by atoms with van der Waals surface area (Å²) in [4.78, 5) is 0. The number of rotatable bonds is 0. The van der Waals surface area contributed by atoms with Crippen molar-refractivity contribution in [3.8, 4) is 0 Å². The third-order valence-corrected chi connectivity index (χ3v) is 6.58. The standard InChI is InChI=1S/C24H12O2S/c1-3-7-19-13(5-1)15-9-17-18-10-16-14-6-2-4-8-20(14)26-22(16)12-24(18)27-23(17)11-21(15)25-19/h1-12H. The minimum atomic E-state index is 0.942. The molecule has 0 spiro atoms. The second-order valence-electron chi connectivity index (χ2n) is 6.99. The molecule has 2 nitrogen and oxygen atoms in total. The molecule has 0 aliphatic heterocycles. The fourth-order valence-corrected chi connectivity index (χ4v) is 5.34. The normalized spacial score (nSPS) is 12.4. The van der Waals surface area contributed by atoms with Crippen LogP contribution in [-0.2, 0) is 0 Å². The maximum Gasteiger partial charge on any atom is 0.136 e. The van der Waals surface area contributed by atoms with E-state index in [-0.39, 0.29) is 0 Å². The van der Waals surface area contributed by atoms with E-state index < -0.39 is 0 Å². The number of hydrogen-bond acceptors (Lipinski definition) is 3. The fourth-order valence-electron chi connectivity index (χ4n) is 4.21. The van der Waals surface area contributed by atoms with Crippen molar-refractivity contribution < 1.29 is 8.83 Å². The van der Waals surface area contributed by atoms with Gasteiger partial charge in [-0.15, -0.1) is 11.3 Å². The van der Waals surface area contributed by atoms with Crippen LogP contribution in [0.1, 0.15) is 0 Å². The third-order valence-electron chi connectivity index (χ3n) is 5.47. The van der Waals surface area contributed by atoms with Crippen molar-refractivity contribution >= 4 is 75.4 Å². The van der Waals surface area contributed by atoms with Crippen molar-refractivity contribution in [3.05, 3.63) is 72.8 Å². The quantitative estimate of drug-likeness (QED) is 0.274. The van der Waals surface area contributed by atoms with Gasteiger partial charge in [-0.25, -0.2) is 0 Å². The Kier molecular flexibility index (Phi) is 2.41. The Hall–Kier alpha value is -3.30. The number of furan rings is 2. The van der Waals surface area contributed by atoms with Crippen molar-refractivity contribution in [3.63, 3.8) is 0 Å². The molecule has 0 bridgehead atoms. The molecule has 3 heterocycles. The van der Waals surface area contributed by atoms with Crippen LogP contribution in [0.2, 0.25) is 0 Å². The molecule has 0 fully saturated rings. The number of thiophene rings is 1. The maximum absolute atomic E-state index is 6.06. The van der Waals surface area contributed by atoms with Crippen LogP contribution < -0.4 is 0 Å². The van der Waals surface area contributed by atoms with Gasteiger partial charge in [0.15, 0.2) is 0 Å². The van der Waals surface area contributed by atoms with E-state index in [0.29, 0.717) is 0 Å². The van der Waals surface area contributed by atoms with Gasteiger partial charge in [-0.05, 0) is 36.4 Å². The molecule has 0 unspecified atom stereocenters. The number of benzene rings is 4. The summed E-state index contributed by atoms with van der Waals surface area (Å²) in [6.07, 6.45) is 0. The molecule has 0 amide bonds. The molecule has 0 atom stereocenters. The van der Waals surface area contributed by atoms with Crippen molar-refractivity contribution in [2.75, 3.05) is 0 Å². The highest BCUT2D eigenvalue weighted by atomic mass is 32.1. The molecule has 27 heavy (non-hydrogen) atoms. The van der Waals surface area contributed by atoms with E-state index in [4.69, 9.17) is 8.83 Å². The summed E-state index contributed by atoms with van der Waals surface area (Å²) in [6.45, 7) is 0. The Bertz CT molecular complexity index is 1550. The lowest BCUT2D eigenvalue weighted by atomic mass is 10.1. The zero-order chi connectivity index (χ0) is 17.5. The molecule has 3 aromatic heterocycles. The molecule has 0 radical (unpaired) electrons. The van der Waals surface area contributed by atoms with Crippen LogP contribution >= 0.6 is 11.3 Å². The van der Waals surface area contributed by atoms with E-state index in [1.807, 2.05) is 24.3 Å². The first-order valence-electron chi connectivity index (χ1n) is 8.94. The van der Waals surface area contributed by atoms with Crippen LogP contribution in [-0.4, -0.2) is 0 Å². The molecule has 0 saturated carbocycles. The van der Waals surface area contributed by atoms with E-state index in [0.717, 1.165) is 22.3 Å². The summed E-state index contributed by atoms with van der Waals surface area (Å²) in [6, 6.07) is 25.4. The van der Waals surface area contributed by atoms with E-state index in [1.165, 1.54) is 41.7 Å². The van der Waals surface area contributed by atoms with E-state index in [9.17, 15) is 0 Å². The van der Waals surface area contributed by atoms with Crippen LogP contribution in [0, 0.1) is 0 Å². The molecular formula is C24H12O2S. The van der Waals surface area contributed by atoms with E-state index in [2.05, 4.69) is 48.5 Å². The molecule has 0 N–H and O–H groups in total. The average Bonchev–Trinajstić information content (AvgIpc) is 3.34. The zero-order valence-corrected chi connectivity index (χ0v) is 15.0. The lowest BCUT2D eigenvalue weighted by Gasteiger charge is -1.94. The van der Waals surface area contributed by atoms with Crippen molar-refractivity contribution in [1.82, 2.24) is 0 Å². The summed E-state index contributed by atoms with van der Waals surface area (Å²) in [5.41, 5.74) is 3.78. The lowest BCUT2D eigenvalue weighted by Crippen LogP contribution is -1.70. The van der Waals surface area contributed by atoms with Crippen LogP contribution in [0.3, 0.4) is 0 Å². The second-order valence-corrected chi connectivity index (χ2v) is 8.07. The van der Waals surface area contributed by atoms with Gasteiger partial charge in [-0.2, -0.15) is 0 Å². The second kappa shape index (κ2) is 4.70. The molecule has 0 aliphatic carbocycles. The molecule has 7 aromatic rings. The van der Waals surface area contributed by atoms with Crippen LogP contribution in [0.4, 0.5) is 0 Å². The average molecular weight is 364 g/mol. The van der Waals surface area contributed by atoms with Crippen LogP contribution in [0.15, 0.2) is 81.6 Å². The molecule has 7 rings (SSSR count). The maximum atomic E-state index is 6.06. The Morgan fingerprint density at radius 3 is 1.44 bits per heavy atom. The van der Waals surface area contributed by atoms with Crippen molar-refractivity contribution in [1.29, 1.82) is 0 Å². The fraction of sp³-hybridized carbons (Fsp3) is 0. The number of fused-ring (bicyclic) bond motifs is 9. The molecule has 4 aromatic carbocycles. The van der Waals surface area contributed by atoms with E-state index in [1.54, 1.807) is 11.3 Å². The highest BCUT2D eigenvalue weighted by Gasteiger charge is 2.14. The Balaban J connectivity index is 1.67. The highest BCUT2D eigenvalue weighted by Crippen LogP contribution is 2.42. The Morgan fingerprint density at radius 1 is 0.444 bits per heavy atom. The molecule has 126 valence electrons. The SMILES string of the molecule is c1ccc2c(c1)oc1cc3sc4cc5oc6ccccc6c5cc4c3cc12. The van der Waals surface area contributed by atoms with Gasteiger partial charge in [-0.3, -0.25) is 0 Å². The minimum absolute atomic E-state index is 0.942. The first kappa shape index (κ1) is 13.8. The zero-order valence-electron chi connectivity index (χ0n) is 14.2. The van der Waals surface area contributed by atoms with Crippen LogP contribution in [0.25, 0.3) is 64.0 Å². The summed E-state index contributed by atoms with van der Waals surface area (Å²) in [7, 11) is 0. The summed E-state index contributed by atoms with van der Waals surface area (Å²) in [5, 5.41) is 7.25. The van der Waals surface area contributed by atoms with Crippen molar-refractivity contribution in [2.24, 2.45) is 0 Å². The summed E-state index contributed by atoms with van der Waals surface area (Å²) in [5.74, 6) is 0. The summed E-state index contributed by atoms with van der Waals surface area (Å²) < 4.78 is 14.6. The first-order valence-corrected chi connectivity index (χ1v) is 9.76. The smallest absolute Gasteiger partial charge is 0.136 e. The minimum Gasteiger partial charge on any atom is -0.456 e. The third kappa shape index (κ3) is 1.74. The predicted molar refractivity (Wildman–Crippen MR) is 114 cm³/mol. The van der Waals surface area contributed by atoms with Gasteiger partial charge >= 0.3 is 0 Å². The largest absolute Gasteiger partial charge is 0.456 e. The van der Waals surface area contributed by atoms with Gasteiger partial charge < -0.3 is 8.83 Å². The molecule has 3 heteroatoms. The van der Waals surface area contributed by atoms with Gasteiger partial charge in [0.1, 0.15) is 22.3 Å². The van der Waals surface area contributed by atoms with Gasteiger partial charge in [0.05, 0.1) is 0 Å². The van der Waals surface area contributed by atoms with Gasteiger partial charge in [0, 0.05) is 41.7 Å². The number of para-hydroxylation sites is 2. The Labute approximate surface area is 157 Å². The number of hydrogen-bond donors (Lipinski definition) is 0. The van der Waals surface area contributed by atoms with E-state index >= 15 is 0 Å². The van der Waals surface area contributed by atoms with Gasteiger partial charge in [0.25, 0.3) is 0 Å². The van der Waals surface area contributed by atoms with Crippen molar-refractivity contribution in [2.45, 2.75) is 0 Å². The molecule has 0 aliphatic rings.